The predicted molar refractivity (Wildman–Crippen MR) is 133 cm³/mol. The van der Waals surface area contributed by atoms with Crippen molar-refractivity contribution in [3.63, 3.8) is 0 Å². The third kappa shape index (κ3) is 6.28. The van der Waals surface area contributed by atoms with Crippen molar-refractivity contribution in [2.24, 2.45) is 0 Å². The van der Waals surface area contributed by atoms with Crippen LogP contribution in [0.15, 0.2) is 51.8 Å². The molecule has 2 aromatic rings. The van der Waals surface area contributed by atoms with Crippen LogP contribution in [-0.4, -0.2) is 43.4 Å². The first-order valence-corrected chi connectivity index (χ1v) is 13.1. The summed E-state index contributed by atoms with van der Waals surface area (Å²) in [7, 11) is -3.47. The second-order valence-corrected chi connectivity index (χ2v) is 10.6. The minimum atomic E-state index is -3.47. The van der Waals surface area contributed by atoms with E-state index in [-0.39, 0.29) is 10.0 Å². The Morgan fingerprint density at radius 1 is 1.16 bits per heavy atom. The summed E-state index contributed by atoms with van der Waals surface area (Å²) in [5, 5.41) is 5.66. The molecular weight excluding hydrogens is 514 g/mol. The second-order valence-electron chi connectivity index (χ2n) is 7.39. The highest BCUT2D eigenvalue weighted by Crippen LogP contribution is 2.24. The predicted octanol–water partition coefficient (Wildman–Crippen LogP) is 4.54. The summed E-state index contributed by atoms with van der Waals surface area (Å²) in [4.78, 5) is 13.0. The first-order chi connectivity index (χ1) is 15.3. The number of carbonyl (C=O) groups excluding carboxylic acids is 1. The van der Waals surface area contributed by atoms with Gasteiger partial charge in [-0.1, -0.05) is 29.3 Å². The number of rotatable bonds is 8. The van der Waals surface area contributed by atoms with E-state index in [0.717, 1.165) is 30.2 Å². The zero-order valence-electron chi connectivity index (χ0n) is 17.8. The van der Waals surface area contributed by atoms with Gasteiger partial charge in [-0.05, 0) is 73.9 Å². The third-order valence-corrected chi connectivity index (χ3v) is 7.59. The van der Waals surface area contributed by atoms with E-state index >= 15 is 0 Å². The van der Waals surface area contributed by atoms with E-state index in [1.165, 1.54) is 16.4 Å². The van der Waals surface area contributed by atoms with Crippen LogP contribution in [0.1, 0.15) is 43.0 Å². The number of halogens is 1. The van der Waals surface area contributed by atoms with E-state index in [1.54, 1.807) is 24.3 Å². The molecule has 32 heavy (non-hydrogen) atoms. The number of ether oxygens (including phenoxy) is 1. The molecule has 10 heteroatoms. The lowest BCUT2D eigenvalue weighted by atomic mass is 10.2. The average Bonchev–Trinajstić information content (AvgIpc) is 3.31. The first-order valence-electron chi connectivity index (χ1n) is 10.5. The van der Waals surface area contributed by atoms with Crippen molar-refractivity contribution >= 4 is 54.9 Å². The van der Waals surface area contributed by atoms with E-state index in [9.17, 15) is 13.2 Å². The standard InChI is InChI=1S/C22H26BrN3O4S2/c1-2-3-14-30-20-11-6-16(23)15-19(20)21(27)25-22(31)24-17-7-9-18(10-8-17)32(28,29)26-12-4-5-13-26/h6-11,15H,2-5,12-14H2,1H3,(H2,24,25,27,31). The molecule has 0 spiro atoms. The minimum absolute atomic E-state index is 0.102. The summed E-state index contributed by atoms with van der Waals surface area (Å²) in [6, 6.07) is 11.6. The molecule has 0 saturated carbocycles. The van der Waals surface area contributed by atoms with Crippen LogP contribution in [0.25, 0.3) is 0 Å². The van der Waals surface area contributed by atoms with Crippen molar-refractivity contribution in [2.75, 3.05) is 25.0 Å². The number of nitrogens with one attached hydrogen (secondary N) is 2. The quantitative estimate of drug-likeness (QED) is 0.378. The third-order valence-electron chi connectivity index (χ3n) is 4.98. The number of carbonyl (C=O) groups is 1. The van der Waals surface area contributed by atoms with Gasteiger partial charge in [-0.15, -0.1) is 0 Å². The maximum absolute atomic E-state index is 12.8. The van der Waals surface area contributed by atoms with Crippen LogP contribution >= 0.6 is 28.1 Å². The number of thiocarbonyl (C=S) groups is 1. The van der Waals surface area contributed by atoms with E-state index in [4.69, 9.17) is 17.0 Å². The molecular formula is C22H26BrN3O4S2. The molecule has 2 aromatic carbocycles. The fourth-order valence-electron chi connectivity index (χ4n) is 3.25. The van der Waals surface area contributed by atoms with Gasteiger partial charge >= 0.3 is 0 Å². The number of hydrogen-bond acceptors (Lipinski definition) is 5. The molecule has 1 aliphatic heterocycles. The van der Waals surface area contributed by atoms with Gasteiger partial charge < -0.3 is 10.1 Å². The summed E-state index contributed by atoms with van der Waals surface area (Å²) in [6.07, 6.45) is 3.65. The fourth-order valence-corrected chi connectivity index (χ4v) is 5.34. The molecule has 172 valence electrons. The maximum Gasteiger partial charge on any atom is 0.261 e. The molecule has 1 saturated heterocycles. The van der Waals surface area contributed by atoms with Crippen molar-refractivity contribution in [2.45, 2.75) is 37.5 Å². The Morgan fingerprint density at radius 3 is 2.50 bits per heavy atom. The number of anilines is 1. The topological polar surface area (TPSA) is 87.7 Å². The molecule has 0 aliphatic carbocycles. The molecule has 1 aliphatic rings. The molecule has 0 bridgehead atoms. The molecule has 0 atom stereocenters. The summed E-state index contributed by atoms with van der Waals surface area (Å²) in [5.74, 6) is 0.0851. The highest BCUT2D eigenvalue weighted by atomic mass is 79.9. The van der Waals surface area contributed by atoms with Crippen LogP contribution in [0.4, 0.5) is 5.69 Å². The van der Waals surface area contributed by atoms with E-state index in [1.807, 2.05) is 6.07 Å². The van der Waals surface area contributed by atoms with Crippen molar-refractivity contribution in [3.05, 3.63) is 52.5 Å². The van der Waals surface area contributed by atoms with Gasteiger partial charge in [0.25, 0.3) is 5.91 Å². The Bertz CT molecular complexity index is 1070. The Morgan fingerprint density at radius 2 is 1.84 bits per heavy atom. The van der Waals surface area contributed by atoms with Crippen LogP contribution in [-0.2, 0) is 10.0 Å². The Balaban J connectivity index is 1.63. The van der Waals surface area contributed by atoms with Gasteiger partial charge in [-0.25, -0.2) is 8.42 Å². The van der Waals surface area contributed by atoms with Crippen molar-refractivity contribution in [1.82, 2.24) is 9.62 Å². The molecule has 1 heterocycles. The molecule has 0 aromatic heterocycles. The second kappa shape index (κ2) is 11.2. The van der Waals surface area contributed by atoms with Crippen molar-refractivity contribution in [1.29, 1.82) is 0 Å². The van der Waals surface area contributed by atoms with Gasteiger partial charge in [-0.2, -0.15) is 4.31 Å². The van der Waals surface area contributed by atoms with Gasteiger partial charge in [-0.3, -0.25) is 10.1 Å². The molecule has 0 unspecified atom stereocenters. The maximum atomic E-state index is 12.8. The van der Waals surface area contributed by atoms with Crippen LogP contribution in [0.2, 0.25) is 0 Å². The Kier molecular flexibility index (Phi) is 8.64. The van der Waals surface area contributed by atoms with E-state index in [0.29, 0.717) is 36.7 Å². The van der Waals surface area contributed by atoms with Gasteiger partial charge in [0.05, 0.1) is 17.1 Å². The lowest BCUT2D eigenvalue weighted by Crippen LogP contribution is -2.34. The monoisotopic (exact) mass is 539 g/mol. The summed E-state index contributed by atoms with van der Waals surface area (Å²) in [6.45, 7) is 3.70. The highest BCUT2D eigenvalue weighted by Gasteiger charge is 2.27. The number of sulfonamides is 1. The van der Waals surface area contributed by atoms with Crippen molar-refractivity contribution < 1.29 is 17.9 Å². The zero-order chi connectivity index (χ0) is 23.1. The number of unbranched alkanes of at least 4 members (excludes halogenated alkanes) is 1. The SMILES string of the molecule is CCCCOc1ccc(Br)cc1C(=O)NC(=S)Nc1ccc(S(=O)(=O)N2CCCC2)cc1. The number of hydrogen-bond donors (Lipinski definition) is 2. The fraction of sp³-hybridized carbons (Fsp3) is 0.364. The van der Waals surface area contributed by atoms with Gasteiger partial charge in [0.15, 0.2) is 5.11 Å². The number of amides is 1. The van der Waals surface area contributed by atoms with Crippen LogP contribution in [0.3, 0.4) is 0 Å². The lowest BCUT2D eigenvalue weighted by molar-refractivity contribution is 0.0973. The Labute approximate surface area is 202 Å². The highest BCUT2D eigenvalue weighted by molar-refractivity contribution is 9.10. The van der Waals surface area contributed by atoms with Gasteiger partial charge in [0, 0.05) is 23.2 Å². The van der Waals surface area contributed by atoms with Gasteiger partial charge in [0.2, 0.25) is 10.0 Å². The molecule has 0 radical (unpaired) electrons. The smallest absolute Gasteiger partial charge is 0.261 e. The zero-order valence-corrected chi connectivity index (χ0v) is 21.0. The summed E-state index contributed by atoms with van der Waals surface area (Å²) in [5.41, 5.74) is 0.941. The summed E-state index contributed by atoms with van der Waals surface area (Å²) >= 11 is 8.64. The van der Waals surface area contributed by atoms with Crippen LogP contribution in [0.5, 0.6) is 5.75 Å². The lowest BCUT2D eigenvalue weighted by Gasteiger charge is -2.16. The number of benzene rings is 2. The average molecular weight is 541 g/mol. The largest absolute Gasteiger partial charge is 0.493 e. The molecule has 2 N–H and O–H groups in total. The normalized spacial score (nSPS) is 14.2. The van der Waals surface area contributed by atoms with Crippen molar-refractivity contribution in [3.8, 4) is 5.75 Å². The van der Waals surface area contributed by atoms with E-state index in [2.05, 4.69) is 33.5 Å². The first kappa shape index (κ1) is 24.6. The van der Waals surface area contributed by atoms with Crippen LogP contribution < -0.4 is 15.4 Å². The minimum Gasteiger partial charge on any atom is -0.493 e. The van der Waals surface area contributed by atoms with Crippen LogP contribution in [0, 0.1) is 0 Å². The molecule has 7 nitrogen and oxygen atoms in total. The van der Waals surface area contributed by atoms with E-state index < -0.39 is 15.9 Å². The molecule has 1 amide bonds. The Hall–Kier alpha value is -2.01. The van der Waals surface area contributed by atoms with Gasteiger partial charge in [0.1, 0.15) is 5.75 Å². The molecule has 3 rings (SSSR count). The number of nitrogens with zero attached hydrogens (tertiary/aromatic N) is 1. The molecule has 1 fully saturated rings. The summed E-state index contributed by atoms with van der Waals surface area (Å²) < 4.78 is 33.2.